The molecule has 0 saturated carbocycles. The first-order valence-electron chi connectivity index (χ1n) is 11.7. The van der Waals surface area contributed by atoms with Crippen molar-refractivity contribution in [2.45, 2.75) is 19.0 Å². The first-order valence-corrected chi connectivity index (χ1v) is 12.1. The fourth-order valence-electron chi connectivity index (χ4n) is 4.43. The van der Waals surface area contributed by atoms with Gasteiger partial charge < -0.3 is 24.8 Å². The second-order valence-corrected chi connectivity index (χ2v) is 9.04. The summed E-state index contributed by atoms with van der Waals surface area (Å²) in [7, 11) is 2.07. The maximum Gasteiger partial charge on any atom is 0.262 e. The molecule has 0 unspecified atom stereocenters. The Bertz CT molecular complexity index is 1360. The Morgan fingerprint density at radius 3 is 2.44 bits per heavy atom. The largest absolute Gasteiger partial charge is 0.484 e. The van der Waals surface area contributed by atoms with Gasteiger partial charge in [-0.25, -0.2) is 0 Å². The summed E-state index contributed by atoms with van der Waals surface area (Å²) in [6, 6.07) is 26.9. The number of amides is 1. The molecule has 0 bridgehead atoms. The van der Waals surface area contributed by atoms with Crippen LogP contribution in [0.2, 0.25) is 0 Å². The van der Waals surface area contributed by atoms with Gasteiger partial charge in [0, 0.05) is 36.0 Å². The molecule has 4 aromatic rings. The number of para-hydroxylation sites is 1. The minimum Gasteiger partial charge on any atom is -0.484 e. The molecule has 0 radical (unpaired) electrons. The van der Waals surface area contributed by atoms with E-state index in [4.69, 9.17) is 17.0 Å². The van der Waals surface area contributed by atoms with Gasteiger partial charge in [0.1, 0.15) is 11.8 Å². The lowest BCUT2D eigenvalue weighted by Crippen LogP contribution is -2.30. The SMILES string of the molecule is Cc1ccc([C@@H]2[C@@H](c3ccccn3)NC(=S)N2c2ccc(NC(=O)COc3ccccc3)cc2)n1C. The van der Waals surface area contributed by atoms with Crippen LogP contribution in [0.3, 0.4) is 0 Å². The lowest BCUT2D eigenvalue weighted by molar-refractivity contribution is -0.118. The van der Waals surface area contributed by atoms with Crippen LogP contribution in [0.25, 0.3) is 0 Å². The summed E-state index contributed by atoms with van der Waals surface area (Å²) in [6.45, 7) is 2.02. The van der Waals surface area contributed by atoms with Crippen LogP contribution in [0.1, 0.15) is 29.2 Å². The third-order valence-electron chi connectivity index (χ3n) is 6.36. The fraction of sp³-hybridized carbons (Fsp3) is 0.179. The number of carbonyl (C=O) groups excluding carboxylic acids is 1. The smallest absolute Gasteiger partial charge is 0.262 e. The van der Waals surface area contributed by atoms with Crippen LogP contribution in [0.15, 0.2) is 91.1 Å². The number of anilines is 2. The average molecular weight is 498 g/mol. The number of ether oxygens (including phenoxy) is 1. The second kappa shape index (κ2) is 10.2. The normalized spacial score (nSPS) is 17.1. The molecular weight excluding hydrogens is 470 g/mol. The van der Waals surface area contributed by atoms with E-state index in [1.807, 2.05) is 72.8 Å². The summed E-state index contributed by atoms with van der Waals surface area (Å²) in [5, 5.41) is 6.99. The Balaban J connectivity index is 1.36. The Hall–Kier alpha value is -4.17. The first-order chi connectivity index (χ1) is 17.5. The van der Waals surface area contributed by atoms with Gasteiger partial charge in [-0.1, -0.05) is 24.3 Å². The van der Waals surface area contributed by atoms with Gasteiger partial charge in [0.15, 0.2) is 11.7 Å². The van der Waals surface area contributed by atoms with Crippen molar-refractivity contribution in [3.05, 3.63) is 108 Å². The molecule has 2 atom stereocenters. The predicted octanol–water partition coefficient (Wildman–Crippen LogP) is 4.92. The van der Waals surface area contributed by atoms with Crippen LogP contribution in [-0.4, -0.2) is 27.2 Å². The number of nitrogens with zero attached hydrogens (tertiary/aromatic N) is 3. The summed E-state index contributed by atoms with van der Waals surface area (Å²) in [5.41, 5.74) is 4.83. The van der Waals surface area contributed by atoms with E-state index in [1.54, 1.807) is 6.20 Å². The van der Waals surface area contributed by atoms with Crippen LogP contribution in [0.4, 0.5) is 11.4 Å². The minimum absolute atomic E-state index is 0.0629. The topological polar surface area (TPSA) is 71.4 Å². The molecule has 7 nitrogen and oxygen atoms in total. The van der Waals surface area contributed by atoms with Crippen LogP contribution in [0, 0.1) is 6.92 Å². The standard InChI is InChI=1S/C28H27N5O2S/c1-19-11-16-24(32(19)2)27-26(23-10-6-7-17-29-23)31-28(36)33(27)21-14-12-20(13-15-21)30-25(34)18-35-22-8-4-3-5-9-22/h3-17,26-27H,18H2,1-2H3,(H,30,34)(H,31,36)/t26-,27-/m1/s1. The molecule has 2 N–H and O–H groups in total. The van der Waals surface area contributed by atoms with E-state index < -0.39 is 0 Å². The number of hydrogen-bond donors (Lipinski definition) is 2. The molecule has 1 saturated heterocycles. The van der Waals surface area contributed by atoms with Gasteiger partial charge >= 0.3 is 0 Å². The van der Waals surface area contributed by atoms with E-state index in [1.165, 1.54) is 5.69 Å². The van der Waals surface area contributed by atoms with Gasteiger partial charge in [0.2, 0.25) is 0 Å². The molecule has 0 spiro atoms. The first kappa shape index (κ1) is 23.6. The van der Waals surface area contributed by atoms with E-state index in [2.05, 4.69) is 51.2 Å². The molecule has 1 aliphatic rings. The Morgan fingerprint density at radius 1 is 1.03 bits per heavy atom. The molecule has 2 aromatic heterocycles. The van der Waals surface area contributed by atoms with Crippen molar-refractivity contribution in [3.63, 3.8) is 0 Å². The third-order valence-corrected chi connectivity index (χ3v) is 6.67. The van der Waals surface area contributed by atoms with Gasteiger partial charge in [-0.05, 0) is 79.8 Å². The van der Waals surface area contributed by atoms with Crippen LogP contribution >= 0.6 is 12.2 Å². The Kier molecular flexibility index (Phi) is 6.69. The number of nitrogens with one attached hydrogen (secondary N) is 2. The Morgan fingerprint density at radius 2 is 1.78 bits per heavy atom. The van der Waals surface area contributed by atoms with E-state index in [0.29, 0.717) is 16.5 Å². The highest BCUT2D eigenvalue weighted by molar-refractivity contribution is 7.80. The highest BCUT2D eigenvalue weighted by Gasteiger charge is 2.41. The van der Waals surface area contributed by atoms with E-state index >= 15 is 0 Å². The van der Waals surface area contributed by atoms with Crippen LogP contribution in [0.5, 0.6) is 5.75 Å². The Labute approximate surface area is 215 Å². The molecular formula is C28H27N5O2S. The number of thiocarbonyl (C=S) groups is 1. The van der Waals surface area contributed by atoms with E-state index in [-0.39, 0.29) is 24.6 Å². The number of hydrogen-bond acceptors (Lipinski definition) is 4. The molecule has 5 rings (SSSR count). The average Bonchev–Trinajstić information content (AvgIpc) is 3.42. The highest BCUT2D eigenvalue weighted by atomic mass is 32.1. The van der Waals surface area contributed by atoms with Crippen molar-refractivity contribution >= 4 is 34.6 Å². The number of carbonyl (C=O) groups is 1. The molecule has 8 heteroatoms. The van der Waals surface area contributed by atoms with Gasteiger partial charge in [0.05, 0.1) is 11.7 Å². The van der Waals surface area contributed by atoms with Crippen molar-refractivity contribution in [1.29, 1.82) is 0 Å². The summed E-state index contributed by atoms with van der Waals surface area (Å²) in [6.07, 6.45) is 1.80. The zero-order valence-corrected chi connectivity index (χ0v) is 20.9. The molecule has 36 heavy (non-hydrogen) atoms. The van der Waals surface area contributed by atoms with Crippen LogP contribution in [-0.2, 0) is 11.8 Å². The summed E-state index contributed by atoms with van der Waals surface area (Å²) in [5.74, 6) is 0.430. The maximum atomic E-state index is 12.4. The third kappa shape index (κ3) is 4.81. The summed E-state index contributed by atoms with van der Waals surface area (Å²) in [4.78, 5) is 19.1. The zero-order chi connectivity index (χ0) is 25.1. The number of rotatable bonds is 7. The van der Waals surface area contributed by atoms with Gasteiger partial charge in [-0.2, -0.15) is 0 Å². The zero-order valence-electron chi connectivity index (χ0n) is 20.1. The molecule has 1 fully saturated rings. The molecule has 1 aliphatic heterocycles. The van der Waals surface area contributed by atoms with Crippen molar-refractivity contribution in [1.82, 2.24) is 14.9 Å². The number of pyridine rings is 1. The predicted molar refractivity (Wildman–Crippen MR) is 145 cm³/mol. The highest BCUT2D eigenvalue weighted by Crippen LogP contribution is 2.41. The quantitative estimate of drug-likeness (QED) is 0.353. The van der Waals surface area contributed by atoms with Crippen LogP contribution < -0.4 is 20.3 Å². The second-order valence-electron chi connectivity index (χ2n) is 8.65. The lowest BCUT2D eigenvalue weighted by atomic mass is 10.0. The molecule has 182 valence electrons. The molecule has 2 aromatic carbocycles. The number of aromatic nitrogens is 2. The number of aryl methyl sites for hydroxylation is 1. The molecule has 1 amide bonds. The lowest BCUT2D eigenvalue weighted by Gasteiger charge is -2.28. The van der Waals surface area contributed by atoms with Crippen molar-refractivity contribution in [2.75, 3.05) is 16.8 Å². The van der Waals surface area contributed by atoms with E-state index in [9.17, 15) is 4.79 Å². The monoisotopic (exact) mass is 497 g/mol. The van der Waals surface area contributed by atoms with E-state index in [0.717, 1.165) is 17.1 Å². The molecule has 3 heterocycles. The minimum atomic E-state index is -0.225. The maximum absolute atomic E-state index is 12.4. The summed E-state index contributed by atoms with van der Waals surface area (Å²) < 4.78 is 7.72. The molecule has 0 aliphatic carbocycles. The van der Waals surface area contributed by atoms with Gasteiger partial charge in [0.25, 0.3) is 5.91 Å². The van der Waals surface area contributed by atoms with Gasteiger partial charge in [-0.15, -0.1) is 0 Å². The summed E-state index contributed by atoms with van der Waals surface area (Å²) >= 11 is 5.80. The van der Waals surface area contributed by atoms with Crippen molar-refractivity contribution < 1.29 is 9.53 Å². The number of benzene rings is 2. The van der Waals surface area contributed by atoms with Crippen molar-refractivity contribution in [3.8, 4) is 5.75 Å². The van der Waals surface area contributed by atoms with Crippen molar-refractivity contribution in [2.24, 2.45) is 7.05 Å². The fourth-order valence-corrected chi connectivity index (χ4v) is 4.78. The van der Waals surface area contributed by atoms with Gasteiger partial charge in [-0.3, -0.25) is 9.78 Å².